The van der Waals surface area contributed by atoms with Crippen LogP contribution in [-0.2, 0) is 14.3 Å². The molecular formula is C25H41N3O4. The molecule has 2 N–H and O–H groups in total. The van der Waals surface area contributed by atoms with Crippen LogP contribution in [0, 0.1) is 13.8 Å². The summed E-state index contributed by atoms with van der Waals surface area (Å²) in [7, 11) is 0. The lowest BCUT2D eigenvalue weighted by Crippen LogP contribution is -2.49. The van der Waals surface area contributed by atoms with Crippen molar-refractivity contribution in [3.63, 3.8) is 0 Å². The van der Waals surface area contributed by atoms with Gasteiger partial charge >= 0.3 is 6.09 Å². The summed E-state index contributed by atoms with van der Waals surface area (Å²) in [4.78, 5) is 40.2. The van der Waals surface area contributed by atoms with E-state index in [9.17, 15) is 14.4 Å². The number of carbonyl (C=O) groups excluding carboxylic acids is 3. The van der Waals surface area contributed by atoms with E-state index >= 15 is 0 Å². The second-order valence-electron chi connectivity index (χ2n) is 9.64. The molecule has 0 aliphatic rings. The lowest BCUT2D eigenvalue weighted by Gasteiger charge is -2.32. The third-order valence-electron chi connectivity index (χ3n) is 4.66. The molecule has 0 fully saturated rings. The Morgan fingerprint density at radius 3 is 2.12 bits per heavy atom. The van der Waals surface area contributed by atoms with Gasteiger partial charge in [0.05, 0.1) is 0 Å². The Labute approximate surface area is 193 Å². The van der Waals surface area contributed by atoms with Gasteiger partial charge in [0, 0.05) is 12.6 Å². The number of hydrogen-bond acceptors (Lipinski definition) is 4. The molecule has 7 heteroatoms. The van der Waals surface area contributed by atoms with Crippen molar-refractivity contribution >= 4 is 17.9 Å². The van der Waals surface area contributed by atoms with E-state index < -0.39 is 17.7 Å². The molecule has 180 valence electrons. The van der Waals surface area contributed by atoms with Crippen molar-refractivity contribution in [2.24, 2.45) is 0 Å². The molecule has 0 spiro atoms. The number of alkyl carbamates (subject to hydrolysis) is 1. The molecule has 0 heterocycles. The third-order valence-corrected chi connectivity index (χ3v) is 4.66. The first-order valence-electron chi connectivity index (χ1n) is 11.5. The maximum absolute atomic E-state index is 13.3. The largest absolute Gasteiger partial charge is 0.444 e. The maximum Gasteiger partial charge on any atom is 0.408 e. The van der Waals surface area contributed by atoms with E-state index in [2.05, 4.69) is 17.6 Å². The van der Waals surface area contributed by atoms with Crippen LogP contribution in [0.3, 0.4) is 0 Å². The van der Waals surface area contributed by atoms with E-state index in [4.69, 9.17) is 4.74 Å². The Morgan fingerprint density at radius 1 is 1.03 bits per heavy atom. The topological polar surface area (TPSA) is 87.7 Å². The summed E-state index contributed by atoms with van der Waals surface area (Å²) in [5, 5.41) is 5.49. The summed E-state index contributed by atoms with van der Waals surface area (Å²) in [6.07, 6.45) is 2.04. The molecule has 0 saturated heterocycles. The van der Waals surface area contributed by atoms with Gasteiger partial charge in [-0.25, -0.2) is 4.79 Å². The predicted molar refractivity (Wildman–Crippen MR) is 127 cm³/mol. The molecule has 1 unspecified atom stereocenters. The molecule has 7 nitrogen and oxygen atoms in total. The van der Waals surface area contributed by atoms with E-state index in [0.29, 0.717) is 6.54 Å². The monoisotopic (exact) mass is 447 g/mol. The van der Waals surface area contributed by atoms with Crippen molar-refractivity contribution in [1.82, 2.24) is 15.5 Å². The summed E-state index contributed by atoms with van der Waals surface area (Å²) in [6.45, 7) is 15.3. The Bertz CT molecular complexity index is 764. The predicted octanol–water partition coefficient (Wildman–Crippen LogP) is 4.41. The second kappa shape index (κ2) is 12.5. The Kier molecular flexibility index (Phi) is 10.7. The van der Waals surface area contributed by atoms with Crippen LogP contribution in [0.1, 0.15) is 83.5 Å². The lowest BCUT2D eigenvalue weighted by molar-refractivity contribution is -0.140. The summed E-state index contributed by atoms with van der Waals surface area (Å²) in [6, 6.07) is 5.08. The fourth-order valence-electron chi connectivity index (χ4n) is 3.50. The number of benzene rings is 1. The molecule has 1 aromatic rings. The molecule has 3 amide bonds. The number of nitrogens with zero attached hydrogens (tertiary/aromatic N) is 1. The van der Waals surface area contributed by atoms with Gasteiger partial charge in [-0.1, -0.05) is 49.1 Å². The van der Waals surface area contributed by atoms with Gasteiger partial charge < -0.3 is 20.3 Å². The van der Waals surface area contributed by atoms with Crippen LogP contribution in [0.15, 0.2) is 18.2 Å². The van der Waals surface area contributed by atoms with Gasteiger partial charge in [-0.15, -0.1) is 0 Å². The van der Waals surface area contributed by atoms with Gasteiger partial charge in [0.2, 0.25) is 11.8 Å². The van der Waals surface area contributed by atoms with Crippen molar-refractivity contribution in [3.8, 4) is 0 Å². The number of rotatable bonds is 10. The zero-order valence-corrected chi connectivity index (χ0v) is 21.0. The van der Waals surface area contributed by atoms with Crippen LogP contribution in [-0.4, -0.2) is 47.5 Å². The van der Waals surface area contributed by atoms with E-state index in [-0.39, 0.29) is 24.4 Å². The Morgan fingerprint density at radius 2 is 1.62 bits per heavy atom. The summed E-state index contributed by atoms with van der Waals surface area (Å²) < 4.78 is 5.24. The normalized spacial score (nSPS) is 12.3. The molecule has 0 bridgehead atoms. The van der Waals surface area contributed by atoms with Crippen LogP contribution in [0.2, 0.25) is 0 Å². The summed E-state index contributed by atoms with van der Waals surface area (Å²) in [5.74, 6) is -0.554. The van der Waals surface area contributed by atoms with Gasteiger partial charge in [0.1, 0.15) is 18.2 Å². The number of aryl methyl sites for hydroxylation is 2. The quantitative estimate of drug-likeness (QED) is 0.520. The molecule has 32 heavy (non-hydrogen) atoms. The number of unbranched alkanes of at least 4 members (excludes halogenated alkanes) is 2. The van der Waals surface area contributed by atoms with Gasteiger partial charge in [-0.2, -0.15) is 0 Å². The third kappa shape index (κ3) is 9.71. The number of amides is 3. The van der Waals surface area contributed by atoms with Gasteiger partial charge in [-0.05, 0) is 60.5 Å². The molecule has 1 rings (SSSR count). The highest BCUT2D eigenvalue weighted by Gasteiger charge is 2.32. The van der Waals surface area contributed by atoms with E-state index in [0.717, 1.165) is 36.0 Å². The second-order valence-corrected chi connectivity index (χ2v) is 9.64. The highest BCUT2D eigenvalue weighted by Crippen LogP contribution is 2.25. The molecule has 0 saturated carbocycles. The Hall–Kier alpha value is -2.57. The smallest absolute Gasteiger partial charge is 0.408 e. The van der Waals surface area contributed by atoms with Gasteiger partial charge in [-0.3, -0.25) is 9.59 Å². The van der Waals surface area contributed by atoms with Crippen molar-refractivity contribution in [2.45, 2.75) is 92.3 Å². The minimum Gasteiger partial charge on any atom is -0.444 e. The molecule has 1 atom stereocenters. The SMILES string of the molecule is CCCCCN(C(=O)CNC(=O)OC(C)(C)C)C(C(=O)NC(C)C)c1cc(C)cc(C)c1. The highest BCUT2D eigenvalue weighted by molar-refractivity contribution is 5.90. The summed E-state index contributed by atoms with van der Waals surface area (Å²) in [5.41, 5.74) is 2.15. The van der Waals surface area contributed by atoms with Gasteiger partial charge in [0.15, 0.2) is 0 Å². The molecular weight excluding hydrogens is 406 g/mol. The van der Waals surface area contributed by atoms with Crippen LogP contribution < -0.4 is 10.6 Å². The van der Waals surface area contributed by atoms with Crippen LogP contribution >= 0.6 is 0 Å². The minimum atomic E-state index is -0.777. The highest BCUT2D eigenvalue weighted by atomic mass is 16.6. The zero-order chi connectivity index (χ0) is 24.5. The van der Waals surface area contributed by atoms with Gasteiger partial charge in [0.25, 0.3) is 0 Å². The molecule has 1 aromatic carbocycles. The van der Waals surface area contributed by atoms with E-state index in [1.165, 1.54) is 0 Å². The molecule has 0 radical (unpaired) electrons. The fourth-order valence-corrected chi connectivity index (χ4v) is 3.50. The summed E-state index contributed by atoms with van der Waals surface area (Å²) >= 11 is 0. The first-order chi connectivity index (χ1) is 14.8. The van der Waals surface area contributed by atoms with Crippen molar-refractivity contribution in [2.75, 3.05) is 13.1 Å². The van der Waals surface area contributed by atoms with Crippen molar-refractivity contribution in [1.29, 1.82) is 0 Å². The first-order valence-corrected chi connectivity index (χ1v) is 11.5. The number of nitrogens with one attached hydrogen (secondary N) is 2. The van der Waals surface area contributed by atoms with Crippen LogP contribution in [0.25, 0.3) is 0 Å². The average Bonchev–Trinajstić information content (AvgIpc) is 2.62. The van der Waals surface area contributed by atoms with Crippen LogP contribution in [0.5, 0.6) is 0 Å². The molecule has 0 aromatic heterocycles. The zero-order valence-electron chi connectivity index (χ0n) is 21.0. The number of hydrogen-bond donors (Lipinski definition) is 2. The molecule has 0 aliphatic heterocycles. The molecule has 0 aliphatic carbocycles. The maximum atomic E-state index is 13.3. The standard InChI is InChI=1S/C25H41N3O4/c1-9-10-11-12-28(21(29)16-26-24(31)32-25(6,7)8)22(23(30)27-17(2)3)20-14-18(4)13-19(5)15-20/h13-15,17,22H,9-12,16H2,1-8H3,(H,26,31)(H,27,30). The van der Waals surface area contributed by atoms with Crippen molar-refractivity contribution in [3.05, 3.63) is 34.9 Å². The Balaban J connectivity index is 3.24. The average molecular weight is 448 g/mol. The number of carbonyl (C=O) groups is 3. The van der Waals surface area contributed by atoms with Crippen molar-refractivity contribution < 1.29 is 19.1 Å². The minimum absolute atomic E-state index is 0.0663. The van der Waals surface area contributed by atoms with E-state index in [1.54, 1.807) is 25.7 Å². The van der Waals surface area contributed by atoms with E-state index in [1.807, 2.05) is 45.9 Å². The first kappa shape index (κ1) is 27.5. The lowest BCUT2D eigenvalue weighted by atomic mass is 9.98. The van der Waals surface area contributed by atoms with Crippen LogP contribution in [0.4, 0.5) is 4.79 Å². The fraction of sp³-hybridized carbons (Fsp3) is 0.640. The number of ether oxygens (including phenoxy) is 1.